The first-order valence-electron chi connectivity index (χ1n) is 3.79. The molecule has 0 amide bonds. The summed E-state index contributed by atoms with van der Waals surface area (Å²) in [7, 11) is 0. The van der Waals surface area contributed by atoms with Crippen LogP contribution in [0, 0.1) is 16.9 Å². The Morgan fingerprint density at radius 3 is 2.60 bits per heavy atom. The number of piperidine rings is 1. The number of nitriles is 1. The average Bonchev–Trinajstić information content (AvgIpc) is 1.86. The molecule has 0 aromatic heterocycles. The summed E-state index contributed by atoms with van der Waals surface area (Å²) in [6.45, 7) is 6.33. The average molecular weight is 138 g/mol. The van der Waals surface area contributed by atoms with Crippen LogP contribution in [-0.2, 0) is 0 Å². The fourth-order valence-corrected chi connectivity index (χ4v) is 1.51. The van der Waals surface area contributed by atoms with Gasteiger partial charge in [0.15, 0.2) is 6.19 Å². The van der Waals surface area contributed by atoms with Crippen LogP contribution in [0.5, 0.6) is 0 Å². The number of likely N-dealkylation sites (tertiary alicyclic amines) is 1. The van der Waals surface area contributed by atoms with Crippen molar-refractivity contribution < 1.29 is 0 Å². The van der Waals surface area contributed by atoms with Gasteiger partial charge in [0.25, 0.3) is 0 Å². The second kappa shape index (κ2) is 2.49. The van der Waals surface area contributed by atoms with E-state index in [2.05, 4.69) is 20.0 Å². The standard InChI is InChI=1S/C8H14N2/c1-8(2)4-3-5-10(6-8)7-9/h3-6H2,1-2H3. The zero-order valence-corrected chi connectivity index (χ0v) is 6.72. The van der Waals surface area contributed by atoms with Gasteiger partial charge in [-0.15, -0.1) is 0 Å². The van der Waals surface area contributed by atoms with E-state index < -0.39 is 0 Å². The maximum absolute atomic E-state index is 8.60. The van der Waals surface area contributed by atoms with Crippen molar-refractivity contribution in [1.29, 1.82) is 5.26 Å². The lowest BCUT2D eigenvalue weighted by molar-refractivity contribution is 0.168. The summed E-state index contributed by atoms with van der Waals surface area (Å²) in [5.74, 6) is 0. The summed E-state index contributed by atoms with van der Waals surface area (Å²) in [4.78, 5) is 1.85. The smallest absolute Gasteiger partial charge is 0.179 e. The molecule has 0 spiro atoms. The minimum absolute atomic E-state index is 0.355. The third-order valence-electron chi connectivity index (χ3n) is 2.04. The van der Waals surface area contributed by atoms with E-state index in [1.54, 1.807) is 0 Å². The van der Waals surface area contributed by atoms with Crippen LogP contribution in [0.25, 0.3) is 0 Å². The molecule has 1 saturated heterocycles. The Bertz CT molecular complexity index is 155. The molecule has 2 heteroatoms. The molecule has 0 bridgehead atoms. The summed E-state index contributed by atoms with van der Waals surface area (Å²) in [6, 6.07) is 0. The van der Waals surface area contributed by atoms with Gasteiger partial charge in [-0.2, -0.15) is 5.26 Å². The van der Waals surface area contributed by atoms with Gasteiger partial charge in [0.1, 0.15) is 0 Å². The third-order valence-corrected chi connectivity index (χ3v) is 2.04. The van der Waals surface area contributed by atoms with Gasteiger partial charge < -0.3 is 4.90 Å². The first-order valence-corrected chi connectivity index (χ1v) is 3.79. The van der Waals surface area contributed by atoms with Crippen LogP contribution in [0.4, 0.5) is 0 Å². The largest absolute Gasteiger partial charge is 0.310 e. The van der Waals surface area contributed by atoms with Gasteiger partial charge in [-0.3, -0.25) is 0 Å². The lowest BCUT2D eigenvalue weighted by Gasteiger charge is -2.34. The quantitative estimate of drug-likeness (QED) is 0.475. The van der Waals surface area contributed by atoms with E-state index in [-0.39, 0.29) is 0 Å². The van der Waals surface area contributed by atoms with Gasteiger partial charge in [0, 0.05) is 13.1 Å². The molecule has 0 unspecified atom stereocenters. The van der Waals surface area contributed by atoms with E-state index in [1.165, 1.54) is 12.8 Å². The van der Waals surface area contributed by atoms with E-state index in [9.17, 15) is 0 Å². The van der Waals surface area contributed by atoms with E-state index >= 15 is 0 Å². The highest BCUT2D eigenvalue weighted by molar-refractivity contribution is 4.85. The van der Waals surface area contributed by atoms with Crippen LogP contribution in [0.1, 0.15) is 26.7 Å². The van der Waals surface area contributed by atoms with Crippen molar-refractivity contribution in [2.75, 3.05) is 13.1 Å². The predicted molar refractivity (Wildman–Crippen MR) is 40.2 cm³/mol. The Morgan fingerprint density at radius 1 is 1.50 bits per heavy atom. The van der Waals surface area contributed by atoms with Gasteiger partial charge in [-0.05, 0) is 18.3 Å². The zero-order valence-electron chi connectivity index (χ0n) is 6.72. The minimum atomic E-state index is 0.355. The second-order valence-corrected chi connectivity index (χ2v) is 3.79. The van der Waals surface area contributed by atoms with Gasteiger partial charge >= 0.3 is 0 Å². The number of hydrogen-bond donors (Lipinski definition) is 0. The Labute approximate surface area is 62.4 Å². The van der Waals surface area contributed by atoms with Crippen molar-refractivity contribution in [3.63, 3.8) is 0 Å². The highest BCUT2D eigenvalue weighted by Gasteiger charge is 2.25. The lowest BCUT2D eigenvalue weighted by atomic mass is 9.84. The molecule has 56 valence electrons. The second-order valence-electron chi connectivity index (χ2n) is 3.79. The first kappa shape index (κ1) is 7.40. The molecule has 1 aliphatic rings. The van der Waals surface area contributed by atoms with E-state index in [0.29, 0.717) is 5.41 Å². The molecule has 1 heterocycles. The molecule has 0 atom stereocenters. The van der Waals surface area contributed by atoms with Crippen LogP contribution in [0.2, 0.25) is 0 Å². The fourth-order valence-electron chi connectivity index (χ4n) is 1.51. The maximum Gasteiger partial charge on any atom is 0.179 e. The normalized spacial score (nSPS) is 23.9. The topological polar surface area (TPSA) is 27.0 Å². The molecular weight excluding hydrogens is 124 g/mol. The van der Waals surface area contributed by atoms with E-state index in [4.69, 9.17) is 5.26 Å². The van der Waals surface area contributed by atoms with Gasteiger partial charge in [0.2, 0.25) is 0 Å². The highest BCUT2D eigenvalue weighted by atomic mass is 15.1. The highest BCUT2D eigenvalue weighted by Crippen LogP contribution is 2.27. The van der Waals surface area contributed by atoms with Crippen molar-refractivity contribution in [2.45, 2.75) is 26.7 Å². The van der Waals surface area contributed by atoms with Crippen LogP contribution < -0.4 is 0 Å². The summed E-state index contributed by atoms with van der Waals surface area (Å²) >= 11 is 0. The molecule has 0 aliphatic carbocycles. The van der Waals surface area contributed by atoms with Crippen molar-refractivity contribution >= 4 is 0 Å². The van der Waals surface area contributed by atoms with Crippen molar-refractivity contribution in [2.24, 2.45) is 5.41 Å². The third kappa shape index (κ3) is 1.63. The number of rotatable bonds is 0. The zero-order chi connectivity index (χ0) is 7.61. The van der Waals surface area contributed by atoms with Crippen molar-refractivity contribution in [3.05, 3.63) is 0 Å². The molecule has 0 N–H and O–H groups in total. The molecule has 1 aliphatic heterocycles. The molecule has 2 nitrogen and oxygen atoms in total. The summed E-state index contributed by atoms with van der Waals surface area (Å²) in [5, 5.41) is 8.60. The van der Waals surface area contributed by atoms with Crippen molar-refractivity contribution in [3.8, 4) is 6.19 Å². The number of nitrogens with zero attached hydrogens (tertiary/aromatic N) is 2. The summed E-state index contributed by atoms with van der Waals surface area (Å²) in [6.07, 6.45) is 4.62. The first-order chi connectivity index (χ1) is 4.64. The van der Waals surface area contributed by atoms with Crippen LogP contribution in [-0.4, -0.2) is 18.0 Å². The molecule has 1 fully saturated rings. The summed E-state index contributed by atoms with van der Waals surface area (Å²) in [5.41, 5.74) is 0.355. The predicted octanol–water partition coefficient (Wildman–Crippen LogP) is 1.59. The molecular formula is C8H14N2. The molecule has 10 heavy (non-hydrogen) atoms. The molecule has 1 rings (SSSR count). The van der Waals surface area contributed by atoms with Gasteiger partial charge in [-0.1, -0.05) is 13.8 Å². The Morgan fingerprint density at radius 2 is 2.20 bits per heavy atom. The lowest BCUT2D eigenvalue weighted by Crippen LogP contribution is -2.36. The minimum Gasteiger partial charge on any atom is -0.310 e. The number of hydrogen-bond acceptors (Lipinski definition) is 2. The van der Waals surface area contributed by atoms with Gasteiger partial charge in [-0.25, -0.2) is 0 Å². The SMILES string of the molecule is CC1(C)CCCN(C#N)C1. The van der Waals surface area contributed by atoms with E-state index in [0.717, 1.165) is 13.1 Å². The van der Waals surface area contributed by atoms with E-state index in [1.807, 2.05) is 4.90 Å². The van der Waals surface area contributed by atoms with Crippen LogP contribution in [0.3, 0.4) is 0 Å². The summed E-state index contributed by atoms with van der Waals surface area (Å²) < 4.78 is 0. The Kier molecular flexibility index (Phi) is 1.85. The Hall–Kier alpha value is -0.710. The fraction of sp³-hybridized carbons (Fsp3) is 0.875. The molecule has 0 saturated carbocycles. The molecule has 0 radical (unpaired) electrons. The van der Waals surface area contributed by atoms with Crippen molar-refractivity contribution in [1.82, 2.24) is 4.90 Å². The van der Waals surface area contributed by atoms with Crippen LogP contribution in [0.15, 0.2) is 0 Å². The monoisotopic (exact) mass is 138 g/mol. The maximum atomic E-state index is 8.60. The molecule has 0 aromatic rings. The van der Waals surface area contributed by atoms with Gasteiger partial charge in [0.05, 0.1) is 0 Å². The van der Waals surface area contributed by atoms with Crippen LogP contribution >= 0.6 is 0 Å². The Balaban J connectivity index is 2.49. The molecule has 0 aromatic carbocycles.